The number of nitrogens with zero attached hydrogens (tertiary/aromatic N) is 1. The van der Waals surface area contributed by atoms with Crippen LogP contribution < -0.4 is 0 Å². The first kappa shape index (κ1) is 5.69. The third kappa shape index (κ3) is 0.864. The van der Waals surface area contributed by atoms with Gasteiger partial charge in [0.05, 0.1) is 12.6 Å². The zero-order chi connectivity index (χ0) is 6.27. The van der Waals surface area contributed by atoms with Gasteiger partial charge in [0.15, 0.2) is 0 Å². The van der Waals surface area contributed by atoms with Crippen molar-refractivity contribution in [1.29, 1.82) is 0 Å². The van der Waals surface area contributed by atoms with Crippen molar-refractivity contribution in [3.05, 3.63) is 6.54 Å². The quantitative estimate of drug-likeness (QED) is 0.502. The van der Waals surface area contributed by atoms with Crippen molar-refractivity contribution in [3.63, 3.8) is 0 Å². The van der Waals surface area contributed by atoms with Crippen LogP contribution in [0.1, 0.15) is 12.8 Å². The molecule has 1 atom stereocenters. The molecule has 3 saturated heterocycles. The molecule has 1 unspecified atom stereocenters. The van der Waals surface area contributed by atoms with Gasteiger partial charge in [-0.1, -0.05) is 0 Å². The number of piperidine rings is 3. The zero-order valence-corrected chi connectivity index (χ0v) is 5.45. The maximum absolute atomic E-state index is 9.30. The van der Waals surface area contributed by atoms with Crippen LogP contribution in [-0.2, 0) is 0 Å². The van der Waals surface area contributed by atoms with Gasteiger partial charge >= 0.3 is 0 Å². The predicted molar refractivity (Wildman–Crippen MR) is 34.6 cm³/mol. The molecule has 1 radical (unpaired) electrons. The molecule has 3 heterocycles. The lowest BCUT2D eigenvalue weighted by Gasteiger charge is -2.41. The number of fused-ring (bicyclic) bond motifs is 3. The topological polar surface area (TPSA) is 23.5 Å². The van der Waals surface area contributed by atoms with E-state index in [1.807, 2.05) is 6.54 Å². The van der Waals surface area contributed by atoms with E-state index in [-0.39, 0.29) is 6.10 Å². The van der Waals surface area contributed by atoms with Gasteiger partial charge in [-0.05, 0) is 31.8 Å². The second kappa shape index (κ2) is 1.96. The number of aliphatic hydroxyl groups is 1. The predicted octanol–water partition coefficient (Wildman–Crippen LogP) is 0.235. The summed E-state index contributed by atoms with van der Waals surface area (Å²) in [4.78, 5) is 2.23. The fourth-order valence-corrected chi connectivity index (χ4v) is 1.75. The lowest BCUT2D eigenvalue weighted by Crippen LogP contribution is -2.46. The Morgan fingerprint density at radius 1 is 1.33 bits per heavy atom. The summed E-state index contributed by atoms with van der Waals surface area (Å²) in [5.41, 5.74) is 0. The minimum Gasteiger partial charge on any atom is -0.391 e. The molecule has 1 N–H and O–H groups in total. The molecule has 3 aliphatic rings. The van der Waals surface area contributed by atoms with E-state index in [4.69, 9.17) is 0 Å². The van der Waals surface area contributed by atoms with Crippen LogP contribution in [-0.4, -0.2) is 29.2 Å². The van der Waals surface area contributed by atoms with Crippen LogP contribution >= 0.6 is 0 Å². The van der Waals surface area contributed by atoms with Crippen molar-refractivity contribution < 1.29 is 5.11 Å². The Morgan fingerprint density at radius 2 is 2.00 bits per heavy atom. The highest BCUT2D eigenvalue weighted by Crippen LogP contribution is 2.29. The lowest BCUT2D eigenvalue weighted by molar-refractivity contribution is 0.0131. The number of hydrogen-bond acceptors (Lipinski definition) is 2. The summed E-state index contributed by atoms with van der Waals surface area (Å²) in [5.74, 6) is 0.579. The monoisotopic (exact) mass is 126 g/mol. The van der Waals surface area contributed by atoms with E-state index < -0.39 is 0 Å². The smallest absolute Gasteiger partial charge is 0.0740 e. The van der Waals surface area contributed by atoms with Crippen LogP contribution in [0.15, 0.2) is 0 Å². The fraction of sp³-hybridized carbons (Fsp3) is 0.857. The van der Waals surface area contributed by atoms with Gasteiger partial charge in [0.2, 0.25) is 0 Å². The van der Waals surface area contributed by atoms with Crippen molar-refractivity contribution >= 4 is 0 Å². The molecule has 2 nitrogen and oxygen atoms in total. The van der Waals surface area contributed by atoms with Crippen LogP contribution in [0.4, 0.5) is 0 Å². The second-order valence-corrected chi connectivity index (χ2v) is 3.01. The van der Waals surface area contributed by atoms with E-state index in [2.05, 4.69) is 4.90 Å². The van der Waals surface area contributed by atoms with E-state index in [0.717, 1.165) is 0 Å². The maximum atomic E-state index is 9.30. The van der Waals surface area contributed by atoms with Crippen molar-refractivity contribution in [2.24, 2.45) is 5.92 Å². The first-order chi connectivity index (χ1) is 4.36. The summed E-state index contributed by atoms with van der Waals surface area (Å²) in [7, 11) is 0. The molecule has 2 bridgehead atoms. The minimum absolute atomic E-state index is 0.132. The normalized spacial score (nSPS) is 49.7. The van der Waals surface area contributed by atoms with Gasteiger partial charge in [-0.25, -0.2) is 0 Å². The van der Waals surface area contributed by atoms with Gasteiger partial charge in [0.25, 0.3) is 0 Å². The highest BCUT2D eigenvalue weighted by Gasteiger charge is 2.32. The summed E-state index contributed by atoms with van der Waals surface area (Å²) in [6, 6.07) is 0. The number of aliphatic hydroxyl groups excluding tert-OH is 1. The Kier molecular flexibility index (Phi) is 1.24. The average molecular weight is 126 g/mol. The van der Waals surface area contributed by atoms with Crippen molar-refractivity contribution in [2.75, 3.05) is 13.1 Å². The Morgan fingerprint density at radius 3 is 2.22 bits per heavy atom. The van der Waals surface area contributed by atoms with Crippen LogP contribution in [0, 0.1) is 12.5 Å². The largest absolute Gasteiger partial charge is 0.391 e. The Hall–Kier alpha value is -0.0800. The van der Waals surface area contributed by atoms with E-state index in [9.17, 15) is 5.11 Å². The van der Waals surface area contributed by atoms with Gasteiger partial charge in [-0.15, -0.1) is 0 Å². The third-order valence-electron chi connectivity index (χ3n) is 2.42. The Balaban J connectivity index is 2.06. The van der Waals surface area contributed by atoms with Gasteiger partial charge < -0.3 is 5.11 Å². The summed E-state index contributed by atoms with van der Waals surface area (Å²) in [5, 5.41) is 9.30. The highest BCUT2D eigenvalue weighted by molar-refractivity contribution is 4.93. The molecule has 9 heavy (non-hydrogen) atoms. The first-order valence-corrected chi connectivity index (χ1v) is 3.63. The standard InChI is InChI=1S/C7H12NO/c9-7-5-8-3-1-6(7)2-4-8/h5-7,9H,1-4H2. The number of hydrogen-bond donors (Lipinski definition) is 1. The molecular formula is C7H12NO. The zero-order valence-electron chi connectivity index (χ0n) is 5.45. The van der Waals surface area contributed by atoms with Crippen molar-refractivity contribution in [3.8, 4) is 0 Å². The van der Waals surface area contributed by atoms with Gasteiger partial charge in [-0.3, -0.25) is 4.90 Å². The molecule has 3 rings (SSSR count). The third-order valence-corrected chi connectivity index (χ3v) is 2.42. The van der Waals surface area contributed by atoms with E-state index in [0.29, 0.717) is 5.92 Å². The van der Waals surface area contributed by atoms with E-state index in [1.165, 1.54) is 25.9 Å². The average Bonchev–Trinajstić information content (AvgIpc) is 1.90. The summed E-state index contributed by atoms with van der Waals surface area (Å²) in [6.45, 7) is 4.31. The van der Waals surface area contributed by atoms with E-state index in [1.54, 1.807) is 0 Å². The maximum Gasteiger partial charge on any atom is 0.0740 e. The van der Waals surface area contributed by atoms with Crippen LogP contribution in [0.2, 0.25) is 0 Å². The van der Waals surface area contributed by atoms with Gasteiger partial charge in [0.1, 0.15) is 0 Å². The Labute approximate surface area is 55.5 Å². The van der Waals surface area contributed by atoms with Crippen LogP contribution in [0.3, 0.4) is 0 Å². The molecule has 3 fully saturated rings. The lowest BCUT2D eigenvalue weighted by atomic mass is 9.86. The molecule has 2 heteroatoms. The summed E-state index contributed by atoms with van der Waals surface area (Å²) >= 11 is 0. The Bertz CT molecular complexity index is 107. The molecule has 0 spiro atoms. The van der Waals surface area contributed by atoms with E-state index >= 15 is 0 Å². The molecule has 51 valence electrons. The fourth-order valence-electron chi connectivity index (χ4n) is 1.75. The van der Waals surface area contributed by atoms with Crippen LogP contribution in [0.5, 0.6) is 0 Å². The van der Waals surface area contributed by atoms with Crippen molar-refractivity contribution in [1.82, 2.24) is 4.90 Å². The molecular weight excluding hydrogens is 114 g/mol. The molecule has 0 amide bonds. The molecule has 0 saturated carbocycles. The summed E-state index contributed by atoms with van der Waals surface area (Å²) < 4.78 is 0. The molecule has 0 aromatic rings. The second-order valence-electron chi connectivity index (χ2n) is 3.01. The minimum atomic E-state index is -0.132. The van der Waals surface area contributed by atoms with Crippen LogP contribution in [0.25, 0.3) is 0 Å². The summed E-state index contributed by atoms with van der Waals surface area (Å²) in [6.07, 6.45) is 2.25. The van der Waals surface area contributed by atoms with Crippen molar-refractivity contribution in [2.45, 2.75) is 18.9 Å². The molecule has 0 aliphatic carbocycles. The SMILES string of the molecule is OC1[CH]N2CCC1CC2. The number of rotatable bonds is 0. The highest BCUT2D eigenvalue weighted by atomic mass is 16.3. The first-order valence-electron chi connectivity index (χ1n) is 3.63. The molecule has 0 aromatic heterocycles. The molecule has 0 aromatic carbocycles. The van der Waals surface area contributed by atoms with Gasteiger partial charge in [-0.2, -0.15) is 0 Å². The molecule has 3 aliphatic heterocycles. The van der Waals surface area contributed by atoms with Gasteiger partial charge in [0, 0.05) is 0 Å².